The number of likely N-dealkylation sites (N-methyl/N-ethyl adjacent to an activating group) is 1. The van der Waals surface area contributed by atoms with E-state index in [2.05, 4.69) is 5.32 Å². The number of hydrogen-bond acceptors (Lipinski definition) is 5. The highest BCUT2D eigenvalue weighted by molar-refractivity contribution is 6.30. The summed E-state index contributed by atoms with van der Waals surface area (Å²) in [5, 5.41) is 13.8. The number of nitro groups is 1. The molecule has 1 aromatic carbocycles. The van der Waals surface area contributed by atoms with Gasteiger partial charge in [-0.2, -0.15) is 0 Å². The minimum atomic E-state index is -0.560. The quantitative estimate of drug-likeness (QED) is 0.576. The lowest BCUT2D eigenvalue weighted by Gasteiger charge is -2.12. The van der Waals surface area contributed by atoms with E-state index in [1.54, 1.807) is 7.05 Å². The average molecular weight is 288 g/mol. The maximum absolute atomic E-state index is 11.0. The first-order valence-electron chi connectivity index (χ1n) is 5.49. The summed E-state index contributed by atoms with van der Waals surface area (Å²) < 4.78 is 5.29. The van der Waals surface area contributed by atoms with Crippen LogP contribution >= 0.6 is 11.6 Å². The molecule has 0 aliphatic heterocycles. The van der Waals surface area contributed by atoms with Crippen LogP contribution in [0.5, 0.6) is 5.75 Å². The molecule has 0 saturated heterocycles. The Kier molecular flexibility index (Phi) is 5.53. The van der Waals surface area contributed by atoms with Crippen molar-refractivity contribution < 1.29 is 14.5 Å². The topological polar surface area (TPSA) is 107 Å². The third-order valence-electron chi connectivity index (χ3n) is 2.47. The molecule has 1 amide bonds. The summed E-state index contributed by atoms with van der Waals surface area (Å²) in [6.07, 6.45) is 0.301. The van der Waals surface area contributed by atoms with E-state index in [4.69, 9.17) is 22.1 Å². The van der Waals surface area contributed by atoms with E-state index in [0.29, 0.717) is 11.4 Å². The van der Waals surface area contributed by atoms with Crippen molar-refractivity contribution in [1.29, 1.82) is 0 Å². The van der Waals surface area contributed by atoms with E-state index >= 15 is 0 Å². The first-order valence-corrected chi connectivity index (χ1v) is 5.86. The van der Waals surface area contributed by atoms with Crippen LogP contribution in [0.2, 0.25) is 5.02 Å². The van der Waals surface area contributed by atoms with E-state index in [1.165, 1.54) is 18.2 Å². The zero-order chi connectivity index (χ0) is 14.4. The highest BCUT2D eigenvalue weighted by Gasteiger charge is 2.17. The second-order valence-electron chi connectivity index (χ2n) is 3.75. The van der Waals surface area contributed by atoms with Crippen LogP contribution in [0.3, 0.4) is 0 Å². The van der Waals surface area contributed by atoms with Gasteiger partial charge in [0.05, 0.1) is 17.6 Å². The molecule has 0 aliphatic rings. The smallest absolute Gasteiger partial charge is 0.311 e. The van der Waals surface area contributed by atoms with Crippen LogP contribution in [-0.2, 0) is 4.79 Å². The van der Waals surface area contributed by atoms with E-state index < -0.39 is 16.9 Å². The van der Waals surface area contributed by atoms with Crippen molar-refractivity contribution in [3.05, 3.63) is 33.3 Å². The Bertz CT molecular complexity index is 481. The Morgan fingerprint density at radius 1 is 1.63 bits per heavy atom. The number of carbonyl (C=O) groups is 1. The van der Waals surface area contributed by atoms with Gasteiger partial charge in [0.15, 0.2) is 5.75 Å². The number of ether oxygens (including phenoxy) is 1. The third-order valence-corrected chi connectivity index (χ3v) is 2.71. The number of benzene rings is 1. The van der Waals surface area contributed by atoms with Crippen molar-refractivity contribution in [2.24, 2.45) is 5.73 Å². The summed E-state index contributed by atoms with van der Waals surface area (Å²) in [7, 11) is 1.59. The van der Waals surface area contributed by atoms with Gasteiger partial charge in [0, 0.05) is 23.6 Å². The predicted molar refractivity (Wildman–Crippen MR) is 70.3 cm³/mol. The normalized spacial score (nSPS) is 11.9. The number of nitro benzene ring substituents is 1. The highest BCUT2D eigenvalue weighted by atomic mass is 35.5. The summed E-state index contributed by atoms with van der Waals surface area (Å²) in [4.78, 5) is 21.2. The Labute approximate surface area is 114 Å². The van der Waals surface area contributed by atoms with Gasteiger partial charge >= 0.3 is 5.69 Å². The number of nitrogens with zero attached hydrogens (tertiary/aromatic N) is 1. The van der Waals surface area contributed by atoms with Gasteiger partial charge in [-0.05, 0) is 13.1 Å². The van der Waals surface area contributed by atoms with Crippen molar-refractivity contribution in [3.8, 4) is 5.75 Å². The second kappa shape index (κ2) is 6.91. The molecule has 1 rings (SSSR count). The molecule has 0 bridgehead atoms. The van der Waals surface area contributed by atoms with E-state index in [-0.39, 0.29) is 18.0 Å². The molecule has 0 heterocycles. The van der Waals surface area contributed by atoms with E-state index in [9.17, 15) is 14.9 Å². The van der Waals surface area contributed by atoms with Gasteiger partial charge in [-0.15, -0.1) is 0 Å². The van der Waals surface area contributed by atoms with Crippen molar-refractivity contribution in [1.82, 2.24) is 5.32 Å². The molecule has 7 nitrogen and oxygen atoms in total. The molecule has 3 N–H and O–H groups in total. The van der Waals surface area contributed by atoms with Crippen molar-refractivity contribution in [2.45, 2.75) is 12.5 Å². The molecule has 1 atom stereocenters. The Hall–Kier alpha value is -1.86. The lowest BCUT2D eigenvalue weighted by molar-refractivity contribution is -0.385. The molecule has 19 heavy (non-hydrogen) atoms. The fourth-order valence-corrected chi connectivity index (χ4v) is 1.63. The number of hydrogen-bond donors (Lipinski definition) is 2. The van der Waals surface area contributed by atoms with Gasteiger partial charge in [0.1, 0.15) is 0 Å². The summed E-state index contributed by atoms with van der Waals surface area (Å²) >= 11 is 5.75. The van der Waals surface area contributed by atoms with Crippen LogP contribution in [0, 0.1) is 10.1 Å². The van der Waals surface area contributed by atoms with Crippen molar-refractivity contribution >= 4 is 23.2 Å². The van der Waals surface area contributed by atoms with E-state index in [1.807, 2.05) is 0 Å². The minimum absolute atomic E-state index is 0.0665. The zero-order valence-electron chi connectivity index (χ0n) is 10.3. The van der Waals surface area contributed by atoms with Crippen LogP contribution in [0.4, 0.5) is 5.69 Å². The van der Waals surface area contributed by atoms with Crippen LogP contribution in [0.15, 0.2) is 18.2 Å². The van der Waals surface area contributed by atoms with Crippen LogP contribution in [0.1, 0.15) is 6.42 Å². The molecule has 0 aliphatic carbocycles. The summed E-state index contributed by atoms with van der Waals surface area (Å²) in [6.45, 7) is 0.107. The maximum atomic E-state index is 11.0. The molecule has 0 aromatic heterocycles. The van der Waals surface area contributed by atoms with Gasteiger partial charge < -0.3 is 15.8 Å². The van der Waals surface area contributed by atoms with Gasteiger partial charge in [-0.3, -0.25) is 14.9 Å². The number of nitrogens with two attached hydrogens (primary N) is 1. The minimum Gasteiger partial charge on any atom is -0.487 e. The molecule has 104 valence electrons. The van der Waals surface area contributed by atoms with E-state index in [0.717, 1.165) is 0 Å². The molecule has 8 heteroatoms. The SMILES string of the molecule is CNC(CCOc1cc(Cl)ccc1[N+](=O)[O-])C(N)=O. The van der Waals surface area contributed by atoms with Crippen molar-refractivity contribution in [3.63, 3.8) is 0 Å². The number of carbonyl (C=O) groups excluding carboxylic acids is 1. The van der Waals surface area contributed by atoms with Gasteiger partial charge in [-0.25, -0.2) is 0 Å². The Morgan fingerprint density at radius 2 is 2.32 bits per heavy atom. The molecule has 1 unspecified atom stereocenters. The fourth-order valence-electron chi connectivity index (χ4n) is 1.47. The molecular weight excluding hydrogens is 274 g/mol. The van der Waals surface area contributed by atoms with Crippen molar-refractivity contribution in [2.75, 3.05) is 13.7 Å². The highest BCUT2D eigenvalue weighted by Crippen LogP contribution is 2.29. The first kappa shape index (κ1) is 15.2. The maximum Gasteiger partial charge on any atom is 0.311 e. The first-order chi connectivity index (χ1) is 8.95. The predicted octanol–water partition coefficient (Wildman–Crippen LogP) is 1.09. The second-order valence-corrected chi connectivity index (χ2v) is 4.19. The number of nitrogens with one attached hydrogen (secondary N) is 1. The van der Waals surface area contributed by atoms with Gasteiger partial charge in [-0.1, -0.05) is 11.6 Å². The monoisotopic (exact) mass is 287 g/mol. The molecule has 1 aromatic rings. The zero-order valence-corrected chi connectivity index (χ0v) is 11.0. The Morgan fingerprint density at radius 3 is 2.84 bits per heavy atom. The number of halogens is 1. The number of amides is 1. The number of rotatable bonds is 7. The third kappa shape index (κ3) is 4.38. The van der Waals surface area contributed by atoms with Crippen LogP contribution < -0.4 is 15.8 Å². The largest absolute Gasteiger partial charge is 0.487 e. The van der Waals surface area contributed by atoms with Crippen LogP contribution in [0.25, 0.3) is 0 Å². The summed E-state index contributed by atoms with van der Waals surface area (Å²) in [5.41, 5.74) is 4.97. The molecule has 0 radical (unpaired) electrons. The Balaban J connectivity index is 2.69. The summed E-state index contributed by atoms with van der Waals surface area (Å²) in [6, 6.07) is 3.49. The average Bonchev–Trinajstić information content (AvgIpc) is 2.33. The van der Waals surface area contributed by atoms with Crippen LogP contribution in [-0.4, -0.2) is 30.5 Å². The summed E-state index contributed by atoms with van der Waals surface area (Å²) in [5.74, 6) is -0.441. The number of primary amides is 1. The lowest BCUT2D eigenvalue weighted by Crippen LogP contribution is -2.40. The lowest BCUT2D eigenvalue weighted by atomic mass is 10.2. The molecular formula is C11H14ClN3O4. The van der Waals surface area contributed by atoms with Gasteiger partial charge in [0.25, 0.3) is 0 Å². The molecule has 0 spiro atoms. The standard InChI is InChI=1S/C11H14ClN3O4/c1-14-8(11(13)16)4-5-19-10-6-7(12)2-3-9(10)15(17)18/h2-3,6,8,14H,4-5H2,1H3,(H2,13,16). The molecule has 0 fully saturated rings. The fraction of sp³-hybridized carbons (Fsp3) is 0.364. The molecule has 0 saturated carbocycles. The van der Waals surface area contributed by atoms with Gasteiger partial charge in [0.2, 0.25) is 5.91 Å².